The van der Waals surface area contributed by atoms with Gasteiger partial charge >= 0.3 is 0 Å². The van der Waals surface area contributed by atoms with Gasteiger partial charge in [-0.05, 0) is 49.2 Å². The van der Waals surface area contributed by atoms with Crippen LogP contribution in [0.25, 0.3) is 0 Å². The molecule has 0 spiro atoms. The van der Waals surface area contributed by atoms with Crippen LogP contribution in [0, 0.1) is 0 Å². The van der Waals surface area contributed by atoms with Gasteiger partial charge < -0.3 is 20.1 Å². The van der Waals surface area contributed by atoms with Crippen LogP contribution in [-0.4, -0.2) is 38.4 Å². The van der Waals surface area contributed by atoms with Crippen LogP contribution in [0.15, 0.2) is 48.5 Å². The summed E-state index contributed by atoms with van der Waals surface area (Å²) in [5.74, 6) is 0. The zero-order chi connectivity index (χ0) is 19.9. The Bertz CT molecular complexity index is 645. The Labute approximate surface area is 177 Å². The second-order valence-corrected chi connectivity index (χ2v) is 8.24. The first-order chi connectivity index (χ1) is 13.5. The lowest BCUT2D eigenvalue weighted by Gasteiger charge is -2.28. The van der Waals surface area contributed by atoms with Crippen molar-refractivity contribution in [3.8, 4) is 0 Å². The molecule has 2 aliphatic rings. The molecule has 2 N–H and O–H groups in total. The highest BCUT2D eigenvalue weighted by atomic mass is 35.5. The first kappa shape index (κ1) is 21.6. The normalized spacial score (nSPS) is 27.6. The van der Waals surface area contributed by atoms with Crippen molar-refractivity contribution in [1.82, 2.24) is 10.6 Å². The lowest BCUT2D eigenvalue weighted by Crippen LogP contribution is -2.40. The van der Waals surface area contributed by atoms with E-state index in [0.29, 0.717) is 12.1 Å². The first-order valence-electron chi connectivity index (χ1n) is 9.72. The van der Waals surface area contributed by atoms with Gasteiger partial charge in [-0.3, -0.25) is 0 Å². The predicted octanol–water partition coefficient (Wildman–Crippen LogP) is 4.78. The van der Waals surface area contributed by atoms with E-state index >= 15 is 0 Å². The van der Waals surface area contributed by atoms with Crippen LogP contribution < -0.4 is 10.6 Å². The van der Waals surface area contributed by atoms with E-state index in [1.54, 1.807) is 0 Å². The number of ether oxygens (including phenoxy) is 2. The SMILES string of the molecule is C[C@H]1COC(c2ccc(Cl)cc2)CN1.C[C@H]1CO[C@H](c2ccc(Cl)cc2)CN1. The van der Waals surface area contributed by atoms with Gasteiger partial charge in [-0.1, -0.05) is 47.5 Å². The molecule has 0 bridgehead atoms. The van der Waals surface area contributed by atoms with Crippen LogP contribution in [0.3, 0.4) is 0 Å². The zero-order valence-corrected chi connectivity index (χ0v) is 17.8. The maximum absolute atomic E-state index is 5.82. The summed E-state index contributed by atoms with van der Waals surface area (Å²) >= 11 is 11.6. The zero-order valence-electron chi connectivity index (χ0n) is 16.3. The summed E-state index contributed by atoms with van der Waals surface area (Å²) < 4.78 is 11.4. The van der Waals surface area contributed by atoms with Gasteiger partial charge in [-0.15, -0.1) is 0 Å². The van der Waals surface area contributed by atoms with Crippen molar-refractivity contribution in [1.29, 1.82) is 0 Å². The van der Waals surface area contributed by atoms with Gasteiger partial charge in [0.05, 0.1) is 25.4 Å². The summed E-state index contributed by atoms with van der Waals surface area (Å²) in [6.45, 7) is 7.54. The molecule has 2 heterocycles. The molecule has 4 atom stereocenters. The number of benzene rings is 2. The minimum Gasteiger partial charge on any atom is -0.371 e. The fourth-order valence-electron chi connectivity index (χ4n) is 3.16. The third-order valence-electron chi connectivity index (χ3n) is 4.88. The summed E-state index contributed by atoms with van der Waals surface area (Å²) in [6.07, 6.45) is 0.340. The highest BCUT2D eigenvalue weighted by Crippen LogP contribution is 2.22. The Kier molecular flexibility index (Phi) is 8.15. The standard InChI is InChI=1S/2C11H14ClNO/c2*1-8-7-14-11(6-13-8)9-2-4-10(12)5-3-9/h2*2-5,8,11,13H,6-7H2,1H3/t8-,11?;8-,11-/m00/s1. The van der Waals surface area contributed by atoms with E-state index in [1.807, 2.05) is 48.5 Å². The third-order valence-corrected chi connectivity index (χ3v) is 5.39. The molecule has 152 valence electrons. The van der Waals surface area contributed by atoms with Crippen LogP contribution in [0.2, 0.25) is 10.0 Å². The molecule has 0 radical (unpaired) electrons. The lowest BCUT2D eigenvalue weighted by molar-refractivity contribution is 0.00692. The van der Waals surface area contributed by atoms with Crippen LogP contribution in [-0.2, 0) is 9.47 Å². The average molecular weight is 423 g/mol. The molecule has 0 saturated carbocycles. The maximum atomic E-state index is 5.82. The number of hydrogen-bond acceptors (Lipinski definition) is 4. The van der Waals surface area contributed by atoms with Gasteiger partial charge in [-0.25, -0.2) is 0 Å². The quantitative estimate of drug-likeness (QED) is 0.730. The van der Waals surface area contributed by atoms with E-state index in [1.165, 1.54) is 11.1 Å². The summed E-state index contributed by atoms with van der Waals surface area (Å²) in [5, 5.41) is 8.31. The molecule has 2 aliphatic heterocycles. The number of nitrogens with one attached hydrogen (secondary N) is 2. The smallest absolute Gasteiger partial charge is 0.0950 e. The molecule has 0 amide bonds. The third kappa shape index (κ3) is 6.45. The predicted molar refractivity (Wildman–Crippen MR) is 115 cm³/mol. The highest BCUT2D eigenvalue weighted by Gasteiger charge is 2.20. The van der Waals surface area contributed by atoms with Crippen LogP contribution in [0.4, 0.5) is 0 Å². The monoisotopic (exact) mass is 422 g/mol. The van der Waals surface area contributed by atoms with Gasteiger partial charge in [0.25, 0.3) is 0 Å². The molecule has 2 saturated heterocycles. The van der Waals surface area contributed by atoms with E-state index in [0.717, 1.165) is 36.3 Å². The minimum atomic E-state index is 0.170. The Morgan fingerprint density at radius 1 is 0.679 bits per heavy atom. The minimum absolute atomic E-state index is 0.170. The molecule has 28 heavy (non-hydrogen) atoms. The molecular formula is C22H28Cl2N2O2. The van der Waals surface area contributed by atoms with Gasteiger partial charge in [-0.2, -0.15) is 0 Å². The first-order valence-corrected chi connectivity index (χ1v) is 10.5. The Hall–Kier alpha value is -1.14. The molecular weight excluding hydrogens is 395 g/mol. The van der Waals surface area contributed by atoms with Crippen molar-refractivity contribution in [3.05, 3.63) is 69.7 Å². The summed E-state index contributed by atoms with van der Waals surface area (Å²) in [4.78, 5) is 0. The van der Waals surface area contributed by atoms with Crippen LogP contribution >= 0.6 is 23.2 Å². The van der Waals surface area contributed by atoms with Crippen LogP contribution in [0.1, 0.15) is 37.2 Å². The van der Waals surface area contributed by atoms with Crippen molar-refractivity contribution in [2.24, 2.45) is 0 Å². The molecule has 4 rings (SSSR count). The number of hydrogen-bond donors (Lipinski definition) is 2. The second-order valence-electron chi connectivity index (χ2n) is 7.37. The van der Waals surface area contributed by atoms with Crippen molar-refractivity contribution in [2.75, 3.05) is 26.3 Å². The van der Waals surface area contributed by atoms with Gasteiger partial charge in [0.1, 0.15) is 0 Å². The molecule has 4 nitrogen and oxygen atoms in total. The summed E-state index contributed by atoms with van der Waals surface area (Å²) in [7, 11) is 0. The number of halogens is 2. The number of morpholine rings is 2. The topological polar surface area (TPSA) is 42.5 Å². The number of rotatable bonds is 2. The molecule has 0 aliphatic carbocycles. The van der Waals surface area contributed by atoms with E-state index in [2.05, 4.69) is 24.5 Å². The second kappa shape index (κ2) is 10.6. The van der Waals surface area contributed by atoms with Crippen molar-refractivity contribution in [3.63, 3.8) is 0 Å². The summed E-state index contributed by atoms with van der Waals surface area (Å²) in [6, 6.07) is 16.6. The van der Waals surface area contributed by atoms with Crippen LogP contribution in [0.5, 0.6) is 0 Å². The fourth-order valence-corrected chi connectivity index (χ4v) is 3.41. The van der Waals surface area contributed by atoms with E-state index in [4.69, 9.17) is 32.7 Å². The Balaban J connectivity index is 0.000000161. The largest absolute Gasteiger partial charge is 0.371 e. The van der Waals surface area contributed by atoms with Crippen molar-refractivity contribution < 1.29 is 9.47 Å². The fraction of sp³-hybridized carbons (Fsp3) is 0.455. The lowest BCUT2D eigenvalue weighted by atomic mass is 10.1. The average Bonchev–Trinajstić information content (AvgIpc) is 2.71. The van der Waals surface area contributed by atoms with Gasteiger partial charge in [0.2, 0.25) is 0 Å². The molecule has 0 aromatic heterocycles. The van der Waals surface area contributed by atoms with Crippen molar-refractivity contribution >= 4 is 23.2 Å². The maximum Gasteiger partial charge on any atom is 0.0950 e. The molecule has 1 unspecified atom stereocenters. The Morgan fingerprint density at radius 3 is 1.32 bits per heavy atom. The Morgan fingerprint density at radius 2 is 1.04 bits per heavy atom. The van der Waals surface area contributed by atoms with Crippen molar-refractivity contribution in [2.45, 2.75) is 38.1 Å². The highest BCUT2D eigenvalue weighted by molar-refractivity contribution is 6.30. The molecule has 6 heteroatoms. The molecule has 2 aromatic carbocycles. The summed E-state index contributed by atoms with van der Waals surface area (Å²) in [5.41, 5.74) is 2.38. The van der Waals surface area contributed by atoms with E-state index in [-0.39, 0.29) is 12.2 Å². The molecule has 2 fully saturated rings. The van der Waals surface area contributed by atoms with E-state index in [9.17, 15) is 0 Å². The van der Waals surface area contributed by atoms with Gasteiger partial charge in [0, 0.05) is 35.2 Å². The van der Waals surface area contributed by atoms with Gasteiger partial charge in [0.15, 0.2) is 0 Å². The molecule has 2 aromatic rings. The van der Waals surface area contributed by atoms with E-state index < -0.39 is 0 Å².